The van der Waals surface area contributed by atoms with Crippen molar-refractivity contribution in [1.82, 2.24) is 14.9 Å². The van der Waals surface area contributed by atoms with Crippen LogP contribution in [0.2, 0.25) is 5.02 Å². The van der Waals surface area contributed by atoms with Crippen LogP contribution in [0.3, 0.4) is 0 Å². The van der Waals surface area contributed by atoms with Gasteiger partial charge < -0.3 is 24.8 Å². The van der Waals surface area contributed by atoms with E-state index in [0.717, 1.165) is 43.6 Å². The van der Waals surface area contributed by atoms with E-state index in [2.05, 4.69) is 14.8 Å². The molecule has 2 unspecified atom stereocenters. The highest BCUT2D eigenvalue weighted by Gasteiger charge is 2.50. The summed E-state index contributed by atoms with van der Waals surface area (Å²) in [5.74, 6) is -0.722. The number of nitrogens with two attached hydrogens (primary N) is 1. The molecule has 0 spiro atoms. The molecule has 6 heterocycles. The van der Waals surface area contributed by atoms with Gasteiger partial charge in [-0.2, -0.15) is 15.2 Å². The number of anilines is 2. The third kappa shape index (κ3) is 4.41. The number of alkyl halides is 1. The largest absolute Gasteiger partial charge is 0.491 e. The zero-order valence-electron chi connectivity index (χ0n) is 25.2. The van der Waals surface area contributed by atoms with Crippen LogP contribution in [0.5, 0.6) is 11.8 Å². The van der Waals surface area contributed by atoms with Crippen molar-refractivity contribution in [3.8, 4) is 29.0 Å². The topological polar surface area (TPSA) is 110 Å². The van der Waals surface area contributed by atoms with E-state index in [1.807, 2.05) is 6.07 Å². The molecule has 4 fully saturated rings. The highest BCUT2D eigenvalue weighted by molar-refractivity contribution is 7.23. The van der Waals surface area contributed by atoms with Crippen molar-refractivity contribution in [2.75, 3.05) is 50.2 Å². The van der Waals surface area contributed by atoms with E-state index in [1.165, 1.54) is 12.1 Å². The first-order chi connectivity index (χ1) is 22.8. The molecule has 0 bridgehead atoms. The minimum absolute atomic E-state index is 0.00647. The number of thiophene rings is 1. The van der Waals surface area contributed by atoms with E-state index in [1.54, 1.807) is 0 Å². The average molecular weight is 683 g/mol. The molecular weight excluding hydrogens is 653 g/mol. The van der Waals surface area contributed by atoms with Gasteiger partial charge >= 0.3 is 6.01 Å². The van der Waals surface area contributed by atoms with Gasteiger partial charge in [0.25, 0.3) is 0 Å². The smallest absolute Gasteiger partial charge is 0.319 e. The number of hydrogen-bond acceptors (Lipinski definition) is 10. The number of nitrogen functional groups attached to an aromatic ring is 1. The Morgan fingerprint density at radius 1 is 1.19 bits per heavy atom. The monoisotopic (exact) mass is 682 g/mol. The Kier molecular flexibility index (Phi) is 6.74. The quantitative estimate of drug-likeness (QED) is 0.262. The second kappa shape index (κ2) is 10.7. The van der Waals surface area contributed by atoms with Gasteiger partial charge in [0.1, 0.15) is 41.0 Å². The van der Waals surface area contributed by atoms with Gasteiger partial charge in [0.15, 0.2) is 11.6 Å². The molecule has 2 aromatic carbocycles. The average Bonchev–Trinajstić information content (AvgIpc) is 3.32. The summed E-state index contributed by atoms with van der Waals surface area (Å²) in [5.41, 5.74) is 5.73. The molecule has 2 N–H and O–H groups in total. The summed E-state index contributed by atoms with van der Waals surface area (Å²) in [4.78, 5) is 13.9. The van der Waals surface area contributed by atoms with Crippen LogP contribution >= 0.6 is 22.9 Å². The van der Waals surface area contributed by atoms with Crippen molar-refractivity contribution in [1.29, 1.82) is 5.26 Å². The lowest BCUT2D eigenvalue weighted by molar-refractivity contribution is 0.107. The van der Waals surface area contributed by atoms with Crippen LogP contribution in [-0.2, 0) is 4.74 Å². The number of ether oxygens (including phenoxy) is 3. The maximum Gasteiger partial charge on any atom is 0.319 e. The zero-order chi connectivity index (χ0) is 32.2. The molecule has 3 saturated heterocycles. The molecule has 14 heteroatoms. The fourth-order valence-corrected chi connectivity index (χ4v) is 9.50. The molecule has 0 radical (unpaired) electrons. The normalized spacial score (nSPS) is 27.0. The van der Waals surface area contributed by atoms with Gasteiger partial charge in [-0.15, -0.1) is 11.3 Å². The second-order valence-corrected chi connectivity index (χ2v) is 14.7. The molecule has 4 aromatic rings. The molecule has 1 saturated carbocycles. The Morgan fingerprint density at radius 3 is 2.85 bits per heavy atom. The van der Waals surface area contributed by atoms with Crippen molar-refractivity contribution in [3.05, 3.63) is 34.4 Å². The van der Waals surface area contributed by atoms with Gasteiger partial charge in [-0.25, -0.2) is 13.2 Å². The lowest BCUT2D eigenvalue weighted by Crippen LogP contribution is -2.45. The predicted molar refractivity (Wildman–Crippen MR) is 172 cm³/mol. The molecule has 47 heavy (non-hydrogen) atoms. The van der Waals surface area contributed by atoms with E-state index >= 15 is 8.78 Å². The van der Waals surface area contributed by atoms with Gasteiger partial charge in [-0.1, -0.05) is 17.7 Å². The van der Waals surface area contributed by atoms with Crippen molar-refractivity contribution in [2.24, 2.45) is 5.92 Å². The first-order valence-electron chi connectivity index (χ1n) is 15.9. The molecule has 244 valence electrons. The molecule has 4 aliphatic heterocycles. The fraction of sp³-hybridized carbons (Fsp3) is 0.485. The van der Waals surface area contributed by atoms with E-state index in [9.17, 15) is 9.65 Å². The second-order valence-electron chi connectivity index (χ2n) is 13.3. The van der Waals surface area contributed by atoms with Gasteiger partial charge in [0.05, 0.1) is 52.1 Å². The highest BCUT2D eigenvalue weighted by Crippen LogP contribution is 2.52. The van der Waals surface area contributed by atoms with Crippen LogP contribution in [0.4, 0.5) is 24.0 Å². The SMILES string of the molecule is N#Cc1c(N)sc2c(F)ccc(-c3c(Cl)c4c5c(nc(OC[C@@]67CCCN6C[C@H](F)C7)nc5c3F)N(C3CC3)C3COCC3CO4)c12. The predicted octanol–water partition coefficient (Wildman–Crippen LogP) is 6.23. The molecular formula is C33H30ClF3N6O3S. The third-order valence-electron chi connectivity index (χ3n) is 10.5. The molecule has 9 nitrogen and oxygen atoms in total. The zero-order valence-corrected chi connectivity index (χ0v) is 26.8. The summed E-state index contributed by atoms with van der Waals surface area (Å²) < 4.78 is 65.6. The summed E-state index contributed by atoms with van der Waals surface area (Å²) in [5, 5.41) is 10.5. The highest BCUT2D eigenvalue weighted by atomic mass is 35.5. The molecule has 9 rings (SSSR count). The number of aromatic nitrogens is 2. The Labute approximate surface area is 276 Å². The fourth-order valence-electron chi connectivity index (χ4n) is 8.21. The van der Waals surface area contributed by atoms with E-state index in [0.29, 0.717) is 37.4 Å². The van der Waals surface area contributed by atoms with E-state index < -0.39 is 23.3 Å². The summed E-state index contributed by atoms with van der Waals surface area (Å²) in [6.07, 6.45) is 3.04. The first kappa shape index (κ1) is 29.6. The number of halogens is 4. The Balaban J connectivity index is 1.28. The number of benzene rings is 2. The molecule has 5 aliphatic rings. The van der Waals surface area contributed by atoms with Crippen molar-refractivity contribution >= 4 is 54.7 Å². The van der Waals surface area contributed by atoms with Gasteiger partial charge in [-0.05, 0) is 43.9 Å². The third-order valence-corrected chi connectivity index (χ3v) is 11.9. The number of rotatable bonds is 5. The van der Waals surface area contributed by atoms with Gasteiger partial charge in [0.2, 0.25) is 0 Å². The van der Waals surface area contributed by atoms with Crippen LogP contribution in [0.25, 0.3) is 32.1 Å². The maximum absolute atomic E-state index is 17.2. The van der Waals surface area contributed by atoms with Crippen LogP contribution in [0, 0.1) is 28.9 Å². The van der Waals surface area contributed by atoms with Gasteiger partial charge in [-0.3, -0.25) is 4.90 Å². The number of nitriles is 1. The molecule has 0 amide bonds. The van der Waals surface area contributed by atoms with Crippen LogP contribution in [0.15, 0.2) is 12.1 Å². The number of nitrogens with zero attached hydrogens (tertiary/aromatic N) is 5. The van der Waals surface area contributed by atoms with Crippen LogP contribution in [0.1, 0.15) is 37.7 Å². The number of hydrogen-bond donors (Lipinski definition) is 1. The lowest BCUT2D eigenvalue weighted by atomic mass is 9.95. The van der Waals surface area contributed by atoms with E-state index in [-0.39, 0.29) is 85.3 Å². The maximum atomic E-state index is 17.2. The summed E-state index contributed by atoms with van der Waals surface area (Å²) in [7, 11) is 0. The van der Waals surface area contributed by atoms with Crippen molar-refractivity contribution in [3.63, 3.8) is 0 Å². The summed E-state index contributed by atoms with van der Waals surface area (Å²) >= 11 is 8.02. The minimum Gasteiger partial charge on any atom is -0.491 e. The van der Waals surface area contributed by atoms with E-state index in [4.69, 9.17) is 36.5 Å². The Bertz CT molecular complexity index is 2020. The van der Waals surface area contributed by atoms with Crippen LogP contribution < -0.4 is 20.1 Å². The Morgan fingerprint density at radius 2 is 2.04 bits per heavy atom. The standard InChI is InChI=1S/C33H30ClF3N6O3S/c34-25-23(18-4-5-20(36)29-22(18)19(9-38)30(39)47-29)26(37)27-24-28(25)45-12-15-11-44-13-21(15)43(17-2-3-17)31(24)41-32(40-27)46-14-33-6-1-7-42(33)10-16(35)8-33/h4-5,15-17,21H,1-3,6-8,10-14,39H2/t15?,16-,21?,33+/m1/s1. The minimum atomic E-state index is -0.937. The molecule has 2 aromatic heterocycles. The van der Waals surface area contributed by atoms with Crippen molar-refractivity contribution < 1.29 is 27.4 Å². The Hall–Kier alpha value is -3.57. The van der Waals surface area contributed by atoms with Gasteiger partial charge in [0, 0.05) is 35.9 Å². The van der Waals surface area contributed by atoms with Crippen molar-refractivity contribution in [2.45, 2.75) is 55.9 Å². The summed E-state index contributed by atoms with van der Waals surface area (Å²) in [6.45, 7) is 2.55. The lowest BCUT2D eigenvalue weighted by Gasteiger charge is -2.36. The first-order valence-corrected chi connectivity index (χ1v) is 17.1. The number of fused-ring (bicyclic) bond motifs is 3. The summed E-state index contributed by atoms with van der Waals surface area (Å²) in [6, 6.07) is 4.73. The molecule has 1 aliphatic carbocycles. The molecule has 4 atom stereocenters. The van der Waals surface area contributed by atoms with Crippen LogP contribution in [-0.4, -0.2) is 78.2 Å².